The summed E-state index contributed by atoms with van der Waals surface area (Å²) in [7, 11) is -3.92. The first-order chi connectivity index (χ1) is 13.9. The van der Waals surface area contributed by atoms with Crippen molar-refractivity contribution in [2.75, 3.05) is 6.61 Å². The lowest BCUT2D eigenvalue weighted by atomic mass is 10.2. The first-order valence-corrected chi connectivity index (χ1v) is 17.8. The monoisotopic (exact) mass is 581 g/mol. The molecule has 1 aromatic heterocycles. The van der Waals surface area contributed by atoms with Crippen LogP contribution in [0.4, 0.5) is 0 Å². The lowest BCUT2D eigenvalue weighted by Crippen LogP contribution is -2.45. The highest BCUT2D eigenvalue weighted by Crippen LogP contribution is 2.43. The van der Waals surface area contributed by atoms with Gasteiger partial charge in [-0.3, -0.25) is 9.36 Å². The molecule has 0 spiro atoms. The van der Waals surface area contributed by atoms with Gasteiger partial charge in [0.2, 0.25) is 0 Å². The van der Waals surface area contributed by atoms with Crippen molar-refractivity contribution in [3.8, 4) is 0 Å². The Morgan fingerprint density at radius 2 is 1.74 bits per heavy atom. The summed E-state index contributed by atoms with van der Waals surface area (Å²) >= 11 is 2.11. The standard InChI is InChI=1S/C21H40IN3O4Si2/c1-20(2,3)30(7,8)27-12-14-11-15(29-31(9,10)21(4,5)6)19(28-14)25-13-24-16(17(25)22)18(23)26/h13-15,19H,11-12H2,1-10H3,(H2,23,26)/t14-,15+,19+/m0/s1. The molecule has 1 aromatic rings. The van der Waals surface area contributed by atoms with Gasteiger partial charge in [-0.05, 0) is 58.9 Å². The summed E-state index contributed by atoms with van der Waals surface area (Å²) in [5.41, 5.74) is 5.74. The third-order valence-electron chi connectivity index (χ3n) is 7.07. The molecule has 1 aliphatic rings. The van der Waals surface area contributed by atoms with Crippen molar-refractivity contribution in [1.29, 1.82) is 0 Å². The Morgan fingerprint density at radius 1 is 1.19 bits per heavy atom. The smallest absolute Gasteiger partial charge is 0.270 e. The predicted octanol–water partition coefficient (Wildman–Crippen LogP) is 5.29. The van der Waals surface area contributed by atoms with E-state index in [1.807, 2.05) is 4.57 Å². The summed E-state index contributed by atoms with van der Waals surface area (Å²) in [4.78, 5) is 15.9. The summed E-state index contributed by atoms with van der Waals surface area (Å²) in [6.07, 6.45) is 1.79. The molecule has 0 radical (unpaired) electrons. The first kappa shape index (κ1) is 27.0. The number of nitrogens with zero attached hydrogens (tertiary/aromatic N) is 2. The third-order valence-corrected chi connectivity index (χ3v) is 17.1. The van der Waals surface area contributed by atoms with Gasteiger partial charge >= 0.3 is 0 Å². The molecule has 2 heterocycles. The summed E-state index contributed by atoms with van der Waals surface area (Å²) in [6.45, 7) is 22.9. The quantitative estimate of drug-likeness (QED) is 0.350. The highest BCUT2D eigenvalue weighted by atomic mass is 127. The largest absolute Gasteiger partial charge is 0.414 e. The van der Waals surface area contributed by atoms with Gasteiger partial charge in [-0.15, -0.1) is 0 Å². The molecule has 1 fully saturated rings. The molecular weight excluding hydrogens is 541 g/mol. The Kier molecular flexibility index (Phi) is 7.98. The normalized spacial score (nSPS) is 23.4. The van der Waals surface area contributed by atoms with Crippen molar-refractivity contribution in [3.63, 3.8) is 0 Å². The second-order valence-corrected chi connectivity index (χ2v) is 22.1. The fourth-order valence-electron chi connectivity index (χ4n) is 2.94. The van der Waals surface area contributed by atoms with Crippen LogP contribution in [0, 0.1) is 3.70 Å². The van der Waals surface area contributed by atoms with Gasteiger partial charge in [-0.1, -0.05) is 41.5 Å². The van der Waals surface area contributed by atoms with Crippen molar-refractivity contribution in [2.24, 2.45) is 5.73 Å². The Balaban J connectivity index is 2.29. The van der Waals surface area contributed by atoms with E-state index in [-0.39, 0.29) is 34.2 Å². The first-order valence-electron chi connectivity index (χ1n) is 10.9. The molecule has 3 atom stereocenters. The molecule has 2 N–H and O–H groups in total. The molecule has 1 saturated heterocycles. The summed E-state index contributed by atoms with van der Waals surface area (Å²) in [5, 5.41) is 0.214. The Morgan fingerprint density at radius 3 is 2.19 bits per heavy atom. The molecule has 0 saturated carbocycles. The van der Waals surface area contributed by atoms with Gasteiger partial charge in [0.1, 0.15) is 3.70 Å². The highest BCUT2D eigenvalue weighted by Gasteiger charge is 2.47. The van der Waals surface area contributed by atoms with Gasteiger partial charge in [0.25, 0.3) is 5.91 Å². The van der Waals surface area contributed by atoms with E-state index in [2.05, 4.69) is 95.3 Å². The van der Waals surface area contributed by atoms with Gasteiger partial charge in [0, 0.05) is 6.42 Å². The highest BCUT2D eigenvalue weighted by molar-refractivity contribution is 14.1. The Hall–Kier alpha value is -0.276. The van der Waals surface area contributed by atoms with E-state index in [9.17, 15) is 4.79 Å². The number of carbonyl (C=O) groups is 1. The molecule has 0 aliphatic carbocycles. The van der Waals surface area contributed by atoms with Crippen LogP contribution in [0.2, 0.25) is 36.3 Å². The zero-order chi connectivity index (χ0) is 24.0. The van der Waals surface area contributed by atoms with E-state index in [0.29, 0.717) is 10.3 Å². The summed E-state index contributed by atoms with van der Waals surface area (Å²) < 4.78 is 22.2. The van der Waals surface area contributed by atoms with Gasteiger partial charge < -0.3 is 19.3 Å². The molecular formula is C21H40IN3O4Si2. The predicted molar refractivity (Wildman–Crippen MR) is 137 cm³/mol. The number of nitrogens with two attached hydrogens (primary N) is 1. The number of carbonyl (C=O) groups excluding carboxylic acids is 1. The zero-order valence-corrected chi connectivity index (χ0v) is 24.9. The molecule has 2 rings (SSSR count). The van der Waals surface area contributed by atoms with E-state index in [0.717, 1.165) is 6.42 Å². The third kappa shape index (κ3) is 6.00. The summed E-state index contributed by atoms with van der Waals surface area (Å²) in [5.74, 6) is -0.541. The van der Waals surface area contributed by atoms with Crippen LogP contribution in [0.5, 0.6) is 0 Å². The lowest BCUT2D eigenvalue weighted by Gasteiger charge is -2.39. The minimum atomic E-state index is -2.04. The molecule has 1 amide bonds. The Labute approximate surface area is 203 Å². The molecule has 0 bridgehead atoms. The fraction of sp³-hybridized carbons (Fsp3) is 0.810. The van der Waals surface area contributed by atoms with E-state index in [1.54, 1.807) is 6.33 Å². The van der Waals surface area contributed by atoms with Crippen molar-refractivity contribution in [3.05, 3.63) is 15.7 Å². The maximum atomic E-state index is 11.7. The van der Waals surface area contributed by atoms with Gasteiger partial charge in [-0.2, -0.15) is 0 Å². The number of hydrogen-bond acceptors (Lipinski definition) is 5. The van der Waals surface area contributed by atoms with Crippen LogP contribution in [0.25, 0.3) is 0 Å². The van der Waals surface area contributed by atoms with Crippen LogP contribution in [0.3, 0.4) is 0 Å². The van der Waals surface area contributed by atoms with Crippen LogP contribution < -0.4 is 5.73 Å². The van der Waals surface area contributed by atoms with E-state index in [4.69, 9.17) is 19.3 Å². The van der Waals surface area contributed by atoms with Crippen LogP contribution in [-0.2, 0) is 13.6 Å². The van der Waals surface area contributed by atoms with Crippen LogP contribution in [0.1, 0.15) is 64.7 Å². The van der Waals surface area contributed by atoms with Crippen molar-refractivity contribution >= 4 is 45.1 Å². The van der Waals surface area contributed by atoms with Crippen molar-refractivity contribution in [1.82, 2.24) is 9.55 Å². The minimum absolute atomic E-state index is 0.0771. The lowest BCUT2D eigenvalue weighted by molar-refractivity contribution is -0.0475. The van der Waals surface area contributed by atoms with E-state index < -0.39 is 22.5 Å². The average molecular weight is 582 g/mol. The number of rotatable bonds is 7. The molecule has 0 aromatic carbocycles. The van der Waals surface area contributed by atoms with E-state index >= 15 is 0 Å². The molecule has 10 heteroatoms. The van der Waals surface area contributed by atoms with Gasteiger partial charge in [-0.25, -0.2) is 4.98 Å². The molecule has 0 unspecified atom stereocenters. The molecule has 1 aliphatic heterocycles. The second-order valence-electron chi connectivity index (χ2n) is 11.5. The topological polar surface area (TPSA) is 88.6 Å². The maximum absolute atomic E-state index is 11.7. The second kappa shape index (κ2) is 9.17. The summed E-state index contributed by atoms with van der Waals surface area (Å²) in [6, 6.07) is 0. The SMILES string of the molecule is CC(C)(C)[Si](C)(C)OC[C@@H]1C[C@@H](O[Si](C)(C)C(C)(C)C)[C@H](n2cnc(C(N)=O)c2I)O1. The number of primary amides is 1. The Bertz CT molecular complexity index is 800. The number of amides is 1. The molecule has 7 nitrogen and oxygen atoms in total. The van der Waals surface area contributed by atoms with Crippen LogP contribution in [0.15, 0.2) is 6.33 Å². The number of ether oxygens (including phenoxy) is 1. The number of hydrogen-bond donors (Lipinski definition) is 1. The number of halogens is 1. The zero-order valence-electron chi connectivity index (χ0n) is 20.7. The van der Waals surface area contributed by atoms with Crippen LogP contribution in [-0.4, -0.2) is 50.9 Å². The van der Waals surface area contributed by atoms with E-state index in [1.165, 1.54) is 0 Å². The maximum Gasteiger partial charge on any atom is 0.270 e. The number of imidazole rings is 1. The number of aromatic nitrogens is 2. The van der Waals surface area contributed by atoms with Crippen molar-refractivity contribution in [2.45, 2.75) is 103 Å². The van der Waals surface area contributed by atoms with Gasteiger partial charge in [0.05, 0.1) is 25.1 Å². The molecule has 178 valence electrons. The van der Waals surface area contributed by atoms with Gasteiger partial charge in [0.15, 0.2) is 28.6 Å². The van der Waals surface area contributed by atoms with Crippen LogP contribution >= 0.6 is 22.6 Å². The minimum Gasteiger partial charge on any atom is -0.414 e. The average Bonchev–Trinajstić information content (AvgIpc) is 3.13. The van der Waals surface area contributed by atoms with Crippen molar-refractivity contribution < 1.29 is 18.4 Å². The fourth-order valence-corrected chi connectivity index (χ4v) is 6.10. The molecule has 31 heavy (non-hydrogen) atoms.